The second kappa shape index (κ2) is 5.85. The molecule has 0 radical (unpaired) electrons. The Hall–Kier alpha value is -0.580. The van der Waals surface area contributed by atoms with Gasteiger partial charge < -0.3 is 5.32 Å². The van der Waals surface area contributed by atoms with E-state index in [0.29, 0.717) is 11.8 Å². The molecule has 94 valence electrons. The molecule has 1 aromatic carbocycles. The number of amides is 1. The largest absolute Gasteiger partial charge is 0.326 e. The topological polar surface area (TPSA) is 29.1 Å². The van der Waals surface area contributed by atoms with Crippen molar-refractivity contribution < 1.29 is 4.79 Å². The van der Waals surface area contributed by atoms with Crippen molar-refractivity contribution in [2.75, 3.05) is 5.32 Å². The van der Waals surface area contributed by atoms with Crippen LogP contribution in [0.2, 0.25) is 0 Å². The van der Waals surface area contributed by atoms with Gasteiger partial charge in [-0.3, -0.25) is 4.79 Å². The maximum absolute atomic E-state index is 11.4. The van der Waals surface area contributed by atoms with E-state index < -0.39 is 0 Å². The average Bonchev–Trinajstić information content (AvgIpc) is 2.15. The van der Waals surface area contributed by atoms with Crippen LogP contribution >= 0.6 is 22.6 Å². The van der Waals surface area contributed by atoms with E-state index in [-0.39, 0.29) is 5.91 Å². The molecule has 0 heterocycles. The number of halogens is 1. The van der Waals surface area contributed by atoms with Crippen LogP contribution in [0.1, 0.15) is 57.6 Å². The van der Waals surface area contributed by atoms with E-state index in [4.69, 9.17) is 0 Å². The fraction of sp³-hybridized carbons (Fsp3) is 0.500. The van der Waals surface area contributed by atoms with E-state index in [1.807, 2.05) is 0 Å². The number of hydrogen-bond donors (Lipinski definition) is 1. The summed E-state index contributed by atoms with van der Waals surface area (Å²) in [5.74, 6) is 0.810. The summed E-state index contributed by atoms with van der Waals surface area (Å²) in [6.45, 7) is 10.2. The van der Waals surface area contributed by atoms with Gasteiger partial charge in [0.05, 0.1) is 0 Å². The standard InChI is InChI=1S/C14H20INO/c1-8(2)11-6-7-12(15)13(9(3)4)14(11)16-10(5)17/h6-9H,1-5H3,(H,16,17). The van der Waals surface area contributed by atoms with E-state index in [9.17, 15) is 4.79 Å². The number of anilines is 1. The smallest absolute Gasteiger partial charge is 0.221 e. The summed E-state index contributed by atoms with van der Waals surface area (Å²) in [5, 5.41) is 3.00. The molecular formula is C14H20INO. The summed E-state index contributed by atoms with van der Waals surface area (Å²) in [7, 11) is 0. The quantitative estimate of drug-likeness (QED) is 0.803. The lowest BCUT2D eigenvalue weighted by molar-refractivity contribution is -0.114. The van der Waals surface area contributed by atoms with E-state index >= 15 is 0 Å². The number of carbonyl (C=O) groups is 1. The van der Waals surface area contributed by atoms with Crippen LogP contribution in [0.25, 0.3) is 0 Å². The first-order valence-corrected chi connectivity index (χ1v) is 7.02. The van der Waals surface area contributed by atoms with Crippen molar-refractivity contribution in [2.45, 2.75) is 46.5 Å². The van der Waals surface area contributed by atoms with Crippen molar-refractivity contribution >= 4 is 34.2 Å². The van der Waals surface area contributed by atoms with Gasteiger partial charge in [0.25, 0.3) is 0 Å². The Morgan fingerprint density at radius 3 is 2.18 bits per heavy atom. The number of benzene rings is 1. The van der Waals surface area contributed by atoms with E-state index in [1.54, 1.807) is 6.92 Å². The number of hydrogen-bond acceptors (Lipinski definition) is 1. The van der Waals surface area contributed by atoms with Crippen molar-refractivity contribution in [3.8, 4) is 0 Å². The van der Waals surface area contributed by atoms with E-state index in [1.165, 1.54) is 14.7 Å². The normalized spacial score (nSPS) is 11.1. The molecule has 17 heavy (non-hydrogen) atoms. The number of carbonyl (C=O) groups excluding carboxylic acids is 1. The molecule has 0 aliphatic rings. The first kappa shape index (κ1) is 14.5. The SMILES string of the molecule is CC(=O)Nc1c(C(C)C)ccc(I)c1C(C)C. The van der Waals surface area contributed by atoms with Gasteiger partial charge in [0.2, 0.25) is 5.91 Å². The van der Waals surface area contributed by atoms with Crippen molar-refractivity contribution in [2.24, 2.45) is 0 Å². The molecule has 0 bridgehead atoms. The molecule has 0 fully saturated rings. The maximum Gasteiger partial charge on any atom is 0.221 e. The Morgan fingerprint density at radius 1 is 1.18 bits per heavy atom. The lowest BCUT2D eigenvalue weighted by Gasteiger charge is -2.21. The summed E-state index contributed by atoms with van der Waals surface area (Å²) >= 11 is 2.34. The molecule has 1 rings (SSSR count). The summed E-state index contributed by atoms with van der Waals surface area (Å²) < 4.78 is 1.21. The molecule has 1 N–H and O–H groups in total. The Balaban J connectivity index is 3.43. The highest BCUT2D eigenvalue weighted by molar-refractivity contribution is 14.1. The molecule has 1 amide bonds. The van der Waals surface area contributed by atoms with Gasteiger partial charge in [0.1, 0.15) is 0 Å². The monoisotopic (exact) mass is 345 g/mol. The fourth-order valence-electron chi connectivity index (χ4n) is 1.97. The first-order chi connectivity index (χ1) is 7.84. The lowest BCUT2D eigenvalue weighted by atomic mass is 9.92. The second-order valence-electron chi connectivity index (χ2n) is 4.92. The van der Waals surface area contributed by atoms with Gasteiger partial charge in [-0.1, -0.05) is 33.8 Å². The second-order valence-corrected chi connectivity index (χ2v) is 6.08. The van der Waals surface area contributed by atoms with Crippen molar-refractivity contribution in [3.63, 3.8) is 0 Å². The molecule has 0 unspecified atom stereocenters. The third-order valence-electron chi connectivity index (χ3n) is 2.72. The van der Waals surface area contributed by atoms with Crippen LogP contribution in [0.3, 0.4) is 0 Å². The van der Waals surface area contributed by atoms with Crippen LogP contribution in [0.15, 0.2) is 12.1 Å². The lowest BCUT2D eigenvalue weighted by Crippen LogP contribution is -2.13. The minimum atomic E-state index is -0.00389. The van der Waals surface area contributed by atoms with Crippen LogP contribution in [-0.2, 0) is 4.79 Å². The average molecular weight is 345 g/mol. The minimum absolute atomic E-state index is 0.00389. The highest BCUT2D eigenvalue weighted by atomic mass is 127. The van der Waals surface area contributed by atoms with Gasteiger partial charge in [0.15, 0.2) is 0 Å². The van der Waals surface area contributed by atoms with Crippen LogP contribution in [0.4, 0.5) is 5.69 Å². The predicted octanol–water partition coefficient (Wildman–Crippen LogP) is 4.50. The summed E-state index contributed by atoms with van der Waals surface area (Å²) in [4.78, 5) is 11.4. The molecule has 0 atom stereocenters. The Morgan fingerprint density at radius 2 is 1.76 bits per heavy atom. The highest BCUT2D eigenvalue weighted by Gasteiger charge is 2.17. The predicted molar refractivity (Wildman–Crippen MR) is 81.6 cm³/mol. The van der Waals surface area contributed by atoms with Crippen molar-refractivity contribution in [1.82, 2.24) is 0 Å². The Kier molecular flexibility index (Phi) is 4.98. The Bertz CT molecular complexity index is 424. The van der Waals surface area contributed by atoms with Crippen LogP contribution in [-0.4, -0.2) is 5.91 Å². The highest BCUT2D eigenvalue weighted by Crippen LogP contribution is 2.35. The van der Waals surface area contributed by atoms with E-state index in [0.717, 1.165) is 5.69 Å². The van der Waals surface area contributed by atoms with Crippen LogP contribution < -0.4 is 5.32 Å². The molecule has 1 aromatic rings. The number of rotatable bonds is 3. The van der Waals surface area contributed by atoms with E-state index in [2.05, 4.69) is 67.7 Å². The van der Waals surface area contributed by atoms with Crippen molar-refractivity contribution in [3.05, 3.63) is 26.8 Å². The molecule has 0 saturated carbocycles. The van der Waals surface area contributed by atoms with Gasteiger partial charge in [-0.05, 0) is 51.6 Å². The zero-order valence-electron chi connectivity index (χ0n) is 11.1. The van der Waals surface area contributed by atoms with Gasteiger partial charge in [-0.25, -0.2) is 0 Å². The molecular weight excluding hydrogens is 325 g/mol. The first-order valence-electron chi connectivity index (χ1n) is 5.94. The van der Waals surface area contributed by atoms with Crippen LogP contribution in [0.5, 0.6) is 0 Å². The minimum Gasteiger partial charge on any atom is -0.326 e. The number of nitrogens with one attached hydrogen (secondary N) is 1. The zero-order valence-corrected chi connectivity index (χ0v) is 13.3. The molecule has 0 aromatic heterocycles. The van der Waals surface area contributed by atoms with Gasteiger partial charge in [-0.2, -0.15) is 0 Å². The summed E-state index contributed by atoms with van der Waals surface area (Å²) in [6.07, 6.45) is 0. The molecule has 0 saturated heterocycles. The Labute approximate surface area is 117 Å². The molecule has 3 heteroatoms. The molecule has 2 nitrogen and oxygen atoms in total. The summed E-state index contributed by atoms with van der Waals surface area (Å²) in [5.41, 5.74) is 3.46. The maximum atomic E-state index is 11.4. The van der Waals surface area contributed by atoms with Crippen molar-refractivity contribution in [1.29, 1.82) is 0 Å². The van der Waals surface area contributed by atoms with Crippen LogP contribution in [0, 0.1) is 3.57 Å². The van der Waals surface area contributed by atoms with Gasteiger partial charge >= 0.3 is 0 Å². The molecule has 0 spiro atoms. The third-order valence-corrected chi connectivity index (χ3v) is 3.67. The fourth-order valence-corrected chi connectivity index (χ4v) is 3.04. The summed E-state index contributed by atoms with van der Waals surface area (Å²) in [6, 6.07) is 4.25. The van der Waals surface area contributed by atoms with Gasteiger partial charge in [0, 0.05) is 16.2 Å². The molecule has 0 aliphatic heterocycles. The zero-order chi connectivity index (χ0) is 13.2. The molecule has 0 aliphatic carbocycles. The third kappa shape index (κ3) is 3.44. The van der Waals surface area contributed by atoms with Gasteiger partial charge in [-0.15, -0.1) is 0 Å².